The van der Waals surface area contributed by atoms with Crippen molar-refractivity contribution in [1.29, 1.82) is 0 Å². The van der Waals surface area contributed by atoms with Crippen LogP contribution in [0.3, 0.4) is 0 Å². The van der Waals surface area contributed by atoms with Gasteiger partial charge in [0.25, 0.3) is 0 Å². The second-order valence-electron chi connectivity index (χ2n) is 5.28. The molecule has 2 fully saturated rings. The SMILES string of the molecule is O=C([O-])[C@@H]1[C@@H](C(=O)Nc2ccc(F)c(F)c2)[C@H]2CC[C@@H]1O2. The third-order valence-corrected chi connectivity index (χ3v) is 4.04. The van der Waals surface area contributed by atoms with Gasteiger partial charge in [0, 0.05) is 23.6 Å². The van der Waals surface area contributed by atoms with E-state index in [2.05, 4.69) is 5.32 Å². The van der Waals surface area contributed by atoms with Crippen LogP contribution in [0.1, 0.15) is 12.8 Å². The lowest BCUT2D eigenvalue weighted by Gasteiger charge is -2.27. The van der Waals surface area contributed by atoms with E-state index in [4.69, 9.17) is 4.74 Å². The fourth-order valence-electron chi connectivity index (χ4n) is 3.11. The molecule has 112 valence electrons. The zero-order valence-electron chi connectivity index (χ0n) is 10.8. The summed E-state index contributed by atoms with van der Waals surface area (Å²) in [5.74, 6) is -5.90. The molecule has 2 saturated heterocycles. The molecular formula is C14H12F2NO4-. The van der Waals surface area contributed by atoms with Gasteiger partial charge in [-0.1, -0.05) is 0 Å². The molecule has 0 aromatic heterocycles. The van der Waals surface area contributed by atoms with Crippen molar-refractivity contribution >= 4 is 17.6 Å². The molecule has 2 aliphatic heterocycles. The standard InChI is InChI=1S/C14H13F2NO4/c15-7-2-1-6(5-8(7)16)17-13(18)11-9-3-4-10(21-9)12(11)14(19)20/h1-2,5,9-12H,3-4H2,(H,17,18)(H,19,20)/p-1/t9-,10+,11+,12+/m1/s1. The van der Waals surface area contributed by atoms with Crippen LogP contribution in [-0.4, -0.2) is 24.1 Å². The number of hydrogen-bond donors (Lipinski definition) is 1. The number of carboxylic acids is 1. The Balaban J connectivity index is 1.78. The molecule has 3 rings (SSSR count). The first-order chi connectivity index (χ1) is 9.97. The number of fused-ring (bicyclic) bond motifs is 2. The van der Waals surface area contributed by atoms with Crippen molar-refractivity contribution in [2.24, 2.45) is 11.8 Å². The zero-order chi connectivity index (χ0) is 15.1. The van der Waals surface area contributed by atoms with Crippen LogP contribution in [0.15, 0.2) is 18.2 Å². The van der Waals surface area contributed by atoms with Crippen molar-refractivity contribution in [3.05, 3.63) is 29.8 Å². The maximum atomic E-state index is 13.1. The Morgan fingerprint density at radius 1 is 1.14 bits per heavy atom. The van der Waals surface area contributed by atoms with E-state index in [0.717, 1.165) is 12.1 Å². The summed E-state index contributed by atoms with van der Waals surface area (Å²) in [5, 5.41) is 13.6. The van der Waals surface area contributed by atoms with E-state index in [1.54, 1.807) is 0 Å². The second-order valence-corrected chi connectivity index (χ2v) is 5.28. The normalized spacial score (nSPS) is 30.4. The number of anilines is 1. The minimum absolute atomic E-state index is 0.0683. The predicted molar refractivity (Wildman–Crippen MR) is 64.9 cm³/mol. The molecule has 1 N–H and O–H groups in total. The molecule has 0 unspecified atom stereocenters. The van der Waals surface area contributed by atoms with Crippen LogP contribution in [0.5, 0.6) is 0 Å². The van der Waals surface area contributed by atoms with Gasteiger partial charge in [-0.15, -0.1) is 0 Å². The van der Waals surface area contributed by atoms with Crippen molar-refractivity contribution in [3.63, 3.8) is 0 Å². The quantitative estimate of drug-likeness (QED) is 0.878. The number of carboxylic acid groups (broad SMARTS) is 1. The third kappa shape index (κ3) is 2.37. The van der Waals surface area contributed by atoms with Crippen molar-refractivity contribution in [2.45, 2.75) is 25.0 Å². The summed E-state index contributed by atoms with van der Waals surface area (Å²) < 4.78 is 31.4. The summed E-state index contributed by atoms with van der Waals surface area (Å²) in [6, 6.07) is 2.94. The molecule has 0 spiro atoms. The van der Waals surface area contributed by atoms with E-state index >= 15 is 0 Å². The molecule has 1 aromatic carbocycles. The first-order valence-corrected chi connectivity index (χ1v) is 6.59. The Morgan fingerprint density at radius 2 is 1.81 bits per heavy atom. The highest BCUT2D eigenvalue weighted by Gasteiger charge is 2.52. The lowest BCUT2D eigenvalue weighted by Crippen LogP contribution is -2.46. The second kappa shape index (κ2) is 5.07. The van der Waals surface area contributed by atoms with Gasteiger partial charge in [0.1, 0.15) is 0 Å². The molecule has 2 bridgehead atoms. The Hall–Kier alpha value is -2.02. The number of aliphatic carboxylic acids is 1. The minimum atomic E-state index is -1.33. The molecular weight excluding hydrogens is 284 g/mol. The Labute approximate surface area is 118 Å². The summed E-state index contributed by atoms with van der Waals surface area (Å²) in [6.45, 7) is 0. The highest BCUT2D eigenvalue weighted by molar-refractivity contribution is 5.96. The van der Waals surface area contributed by atoms with Crippen molar-refractivity contribution in [1.82, 2.24) is 0 Å². The highest BCUT2D eigenvalue weighted by Crippen LogP contribution is 2.43. The molecule has 0 saturated carbocycles. The smallest absolute Gasteiger partial charge is 0.230 e. The summed E-state index contributed by atoms with van der Waals surface area (Å²) >= 11 is 0. The molecule has 2 aliphatic rings. The summed E-state index contributed by atoms with van der Waals surface area (Å²) in [4.78, 5) is 23.4. The molecule has 1 aromatic rings. The summed E-state index contributed by atoms with van der Waals surface area (Å²) in [6.07, 6.45) is 0.201. The van der Waals surface area contributed by atoms with Crippen molar-refractivity contribution in [2.75, 3.05) is 5.32 Å². The summed E-state index contributed by atoms with van der Waals surface area (Å²) in [7, 11) is 0. The molecule has 4 atom stereocenters. The number of nitrogens with one attached hydrogen (secondary N) is 1. The van der Waals surface area contributed by atoms with Crippen LogP contribution in [0, 0.1) is 23.5 Å². The minimum Gasteiger partial charge on any atom is -0.550 e. The summed E-state index contributed by atoms with van der Waals surface area (Å²) in [5.41, 5.74) is 0.0683. The lowest BCUT2D eigenvalue weighted by atomic mass is 9.78. The topological polar surface area (TPSA) is 78.5 Å². The Bertz CT molecular complexity index is 607. The van der Waals surface area contributed by atoms with Crippen LogP contribution >= 0.6 is 0 Å². The molecule has 0 radical (unpaired) electrons. The largest absolute Gasteiger partial charge is 0.550 e. The molecule has 2 heterocycles. The number of hydrogen-bond acceptors (Lipinski definition) is 4. The predicted octanol–water partition coefficient (Wildman–Crippen LogP) is 0.447. The monoisotopic (exact) mass is 296 g/mol. The van der Waals surface area contributed by atoms with Gasteiger partial charge < -0.3 is 20.0 Å². The maximum Gasteiger partial charge on any atom is 0.230 e. The highest BCUT2D eigenvalue weighted by atomic mass is 19.2. The first-order valence-electron chi connectivity index (χ1n) is 6.59. The number of carbonyl (C=O) groups is 2. The third-order valence-electron chi connectivity index (χ3n) is 4.04. The van der Waals surface area contributed by atoms with Gasteiger partial charge in [-0.25, -0.2) is 8.78 Å². The number of benzene rings is 1. The molecule has 7 heteroatoms. The lowest BCUT2D eigenvalue weighted by molar-refractivity contribution is -0.313. The number of halogens is 2. The van der Waals surface area contributed by atoms with Crippen molar-refractivity contribution in [3.8, 4) is 0 Å². The number of rotatable bonds is 3. The van der Waals surface area contributed by atoms with Crippen molar-refractivity contribution < 1.29 is 28.2 Å². The van der Waals surface area contributed by atoms with Crippen LogP contribution in [0.25, 0.3) is 0 Å². The molecule has 21 heavy (non-hydrogen) atoms. The van der Waals surface area contributed by atoms with Gasteiger partial charge in [-0.05, 0) is 25.0 Å². The van der Waals surface area contributed by atoms with Crippen LogP contribution in [0.2, 0.25) is 0 Å². The average Bonchev–Trinajstić information content (AvgIpc) is 3.03. The van der Waals surface area contributed by atoms with Crippen LogP contribution in [-0.2, 0) is 14.3 Å². The number of carbonyl (C=O) groups excluding carboxylic acids is 2. The van der Waals surface area contributed by atoms with Gasteiger partial charge >= 0.3 is 0 Å². The van der Waals surface area contributed by atoms with E-state index in [-0.39, 0.29) is 5.69 Å². The Morgan fingerprint density at radius 3 is 2.43 bits per heavy atom. The first kappa shape index (κ1) is 13.9. The van der Waals surface area contributed by atoms with E-state index in [9.17, 15) is 23.5 Å². The van der Waals surface area contributed by atoms with Crippen LogP contribution < -0.4 is 10.4 Å². The van der Waals surface area contributed by atoms with Gasteiger partial charge in [0.2, 0.25) is 5.91 Å². The van der Waals surface area contributed by atoms with E-state index < -0.39 is 47.6 Å². The number of amides is 1. The van der Waals surface area contributed by atoms with E-state index in [0.29, 0.717) is 12.8 Å². The van der Waals surface area contributed by atoms with E-state index in [1.165, 1.54) is 6.07 Å². The van der Waals surface area contributed by atoms with Gasteiger partial charge in [0.15, 0.2) is 11.6 Å². The zero-order valence-corrected chi connectivity index (χ0v) is 10.8. The fraction of sp³-hybridized carbons (Fsp3) is 0.429. The van der Waals surface area contributed by atoms with E-state index in [1.807, 2.05) is 0 Å². The average molecular weight is 296 g/mol. The number of ether oxygens (including phenoxy) is 1. The fourth-order valence-corrected chi connectivity index (χ4v) is 3.11. The Kier molecular flexibility index (Phi) is 3.36. The molecule has 5 nitrogen and oxygen atoms in total. The van der Waals surface area contributed by atoms with Crippen LogP contribution in [0.4, 0.5) is 14.5 Å². The van der Waals surface area contributed by atoms with Gasteiger partial charge in [-0.3, -0.25) is 4.79 Å². The maximum absolute atomic E-state index is 13.1. The van der Waals surface area contributed by atoms with Gasteiger partial charge in [-0.2, -0.15) is 0 Å². The molecule has 1 amide bonds. The molecule has 0 aliphatic carbocycles. The van der Waals surface area contributed by atoms with Gasteiger partial charge in [0.05, 0.1) is 18.1 Å².